The lowest BCUT2D eigenvalue weighted by Gasteiger charge is -2.59. The second-order valence-corrected chi connectivity index (χ2v) is 9.55. The van der Waals surface area contributed by atoms with Gasteiger partial charge in [-0.3, -0.25) is 14.4 Å². The van der Waals surface area contributed by atoms with Crippen LogP contribution in [0.1, 0.15) is 72.1 Å². The average Bonchev–Trinajstić information content (AvgIpc) is 2.88. The first kappa shape index (κ1) is 16.5. The Labute approximate surface area is 144 Å². The molecule has 24 heavy (non-hydrogen) atoms. The van der Waals surface area contributed by atoms with Crippen LogP contribution in [0.2, 0.25) is 0 Å². The number of Topliss-reactive ketones (excluding diaryl/α,β-unsaturated/α-hetero) is 3. The van der Waals surface area contributed by atoms with Gasteiger partial charge in [0.25, 0.3) is 0 Å². The van der Waals surface area contributed by atoms with E-state index in [9.17, 15) is 14.4 Å². The predicted octanol–water partition coefficient (Wildman–Crippen LogP) is 3.98. The number of carbonyl (C=O) groups excluding carboxylic acids is 3. The van der Waals surface area contributed by atoms with Crippen molar-refractivity contribution >= 4 is 17.3 Å². The van der Waals surface area contributed by atoms with Gasteiger partial charge in [-0.25, -0.2) is 0 Å². The van der Waals surface area contributed by atoms with Crippen molar-refractivity contribution < 1.29 is 14.4 Å². The van der Waals surface area contributed by atoms with E-state index in [1.807, 2.05) is 0 Å². The van der Waals surface area contributed by atoms with Crippen LogP contribution in [-0.2, 0) is 14.4 Å². The molecule has 0 spiro atoms. The van der Waals surface area contributed by atoms with E-state index in [-0.39, 0.29) is 17.1 Å². The Morgan fingerprint density at radius 3 is 2.46 bits per heavy atom. The minimum absolute atomic E-state index is 0.0607. The zero-order chi connectivity index (χ0) is 17.3. The minimum Gasteiger partial charge on any atom is -0.300 e. The van der Waals surface area contributed by atoms with E-state index in [1.165, 1.54) is 0 Å². The third-order valence-corrected chi connectivity index (χ3v) is 8.84. The van der Waals surface area contributed by atoms with Gasteiger partial charge < -0.3 is 0 Å². The van der Waals surface area contributed by atoms with Gasteiger partial charge in [-0.1, -0.05) is 13.8 Å². The van der Waals surface area contributed by atoms with E-state index >= 15 is 0 Å². The van der Waals surface area contributed by atoms with E-state index in [4.69, 9.17) is 0 Å². The summed E-state index contributed by atoms with van der Waals surface area (Å²) in [4.78, 5) is 37.3. The SMILES string of the molecule is CC(=O)[C@H]1CC[C@H]2[C@@H]3CC[C@@H]4CC(=O)CC[C@]4(C)[C@H]3CC(=O)[C@]12C. The molecule has 4 aliphatic carbocycles. The van der Waals surface area contributed by atoms with E-state index in [0.717, 1.165) is 38.5 Å². The summed E-state index contributed by atoms with van der Waals surface area (Å²) in [6.07, 6.45) is 7.24. The standard InChI is InChI=1S/C21H30O3/c1-12(22)16-6-7-17-15-5-4-13-10-14(23)8-9-20(13,2)18(15)11-19(24)21(16,17)3/h13,15-18H,4-11H2,1-3H3/t13-,15+,16-,17+,18+,20+,21-/m1/s1. The van der Waals surface area contributed by atoms with E-state index in [1.54, 1.807) is 6.92 Å². The minimum atomic E-state index is -0.416. The van der Waals surface area contributed by atoms with Crippen molar-refractivity contribution in [3.05, 3.63) is 0 Å². The highest BCUT2D eigenvalue weighted by molar-refractivity contribution is 5.93. The average molecular weight is 330 g/mol. The Kier molecular flexibility index (Phi) is 3.61. The number of hydrogen-bond donors (Lipinski definition) is 0. The fourth-order valence-corrected chi connectivity index (χ4v) is 7.40. The molecular weight excluding hydrogens is 300 g/mol. The largest absolute Gasteiger partial charge is 0.300 e. The summed E-state index contributed by atoms with van der Waals surface area (Å²) >= 11 is 0. The summed E-state index contributed by atoms with van der Waals surface area (Å²) < 4.78 is 0. The third kappa shape index (κ3) is 1.99. The maximum absolute atomic E-state index is 13.2. The van der Waals surface area contributed by atoms with Crippen LogP contribution < -0.4 is 0 Å². The Hall–Kier alpha value is -0.990. The van der Waals surface area contributed by atoms with Crippen molar-refractivity contribution in [2.24, 2.45) is 40.4 Å². The molecule has 7 atom stereocenters. The van der Waals surface area contributed by atoms with Crippen LogP contribution in [0.4, 0.5) is 0 Å². The van der Waals surface area contributed by atoms with Gasteiger partial charge in [0.2, 0.25) is 0 Å². The molecule has 0 saturated heterocycles. The summed E-state index contributed by atoms with van der Waals surface area (Å²) in [5.41, 5.74) is -0.261. The van der Waals surface area contributed by atoms with Crippen molar-refractivity contribution in [3.63, 3.8) is 0 Å². The number of ketones is 3. The summed E-state index contributed by atoms with van der Waals surface area (Å²) in [7, 11) is 0. The lowest BCUT2D eigenvalue weighted by molar-refractivity contribution is -0.160. The molecule has 3 heteroatoms. The fraction of sp³-hybridized carbons (Fsp3) is 0.857. The van der Waals surface area contributed by atoms with Crippen LogP contribution in [0.25, 0.3) is 0 Å². The number of fused-ring (bicyclic) bond motifs is 5. The Morgan fingerprint density at radius 1 is 1.00 bits per heavy atom. The summed E-state index contributed by atoms with van der Waals surface area (Å²) in [6.45, 7) is 6.12. The second-order valence-electron chi connectivity index (χ2n) is 9.55. The highest BCUT2D eigenvalue weighted by Gasteiger charge is 2.64. The van der Waals surface area contributed by atoms with Crippen molar-refractivity contribution in [1.82, 2.24) is 0 Å². The van der Waals surface area contributed by atoms with E-state index in [2.05, 4.69) is 13.8 Å². The van der Waals surface area contributed by atoms with Crippen LogP contribution >= 0.6 is 0 Å². The topological polar surface area (TPSA) is 51.2 Å². The highest BCUT2D eigenvalue weighted by atomic mass is 16.1. The Balaban J connectivity index is 1.69. The molecule has 4 aliphatic rings. The van der Waals surface area contributed by atoms with Crippen LogP contribution in [0.5, 0.6) is 0 Å². The van der Waals surface area contributed by atoms with Crippen molar-refractivity contribution in [2.75, 3.05) is 0 Å². The van der Waals surface area contributed by atoms with Crippen LogP contribution in [-0.4, -0.2) is 17.3 Å². The molecule has 0 unspecified atom stereocenters. The van der Waals surface area contributed by atoms with Gasteiger partial charge >= 0.3 is 0 Å². The molecule has 4 fully saturated rings. The monoisotopic (exact) mass is 330 g/mol. The molecule has 4 saturated carbocycles. The van der Waals surface area contributed by atoms with Gasteiger partial charge in [-0.05, 0) is 68.1 Å². The zero-order valence-electron chi connectivity index (χ0n) is 15.3. The first-order valence-electron chi connectivity index (χ1n) is 9.84. The maximum Gasteiger partial charge on any atom is 0.140 e. The molecule has 0 aromatic carbocycles. The predicted molar refractivity (Wildman–Crippen MR) is 91.3 cm³/mol. The fourth-order valence-electron chi connectivity index (χ4n) is 7.40. The van der Waals surface area contributed by atoms with Gasteiger partial charge in [0.1, 0.15) is 17.3 Å². The number of hydrogen-bond acceptors (Lipinski definition) is 3. The molecule has 0 aliphatic heterocycles. The third-order valence-electron chi connectivity index (χ3n) is 8.84. The molecule has 0 radical (unpaired) electrons. The molecular formula is C21H30O3. The van der Waals surface area contributed by atoms with Gasteiger partial charge in [0.15, 0.2) is 0 Å². The number of carbonyl (C=O) groups is 3. The maximum atomic E-state index is 13.2. The normalized spacial score (nSPS) is 50.9. The van der Waals surface area contributed by atoms with Gasteiger partial charge in [0.05, 0.1) is 0 Å². The smallest absolute Gasteiger partial charge is 0.140 e. The molecule has 0 heterocycles. The molecule has 4 rings (SSSR count). The van der Waals surface area contributed by atoms with Crippen LogP contribution in [0.15, 0.2) is 0 Å². The molecule has 132 valence electrons. The molecule has 3 nitrogen and oxygen atoms in total. The summed E-state index contributed by atoms with van der Waals surface area (Å²) in [5.74, 6) is 2.76. The molecule has 0 N–H and O–H groups in total. The zero-order valence-corrected chi connectivity index (χ0v) is 15.3. The molecule has 0 bridgehead atoms. The first-order valence-corrected chi connectivity index (χ1v) is 9.84. The van der Waals surface area contributed by atoms with Crippen molar-refractivity contribution in [1.29, 1.82) is 0 Å². The van der Waals surface area contributed by atoms with Gasteiger partial charge in [-0.15, -0.1) is 0 Å². The van der Waals surface area contributed by atoms with Crippen LogP contribution in [0.3, 0.4) is 0 Å². The van der Waals surface area contributed by atoms with Crippen LogP contribution in [0, 0.1) is 40.4 Å². The quantitative estimate of drug-likeness (QED) is 0.730. The highest BCUT2D eigenvalue weighted by Crippen LogP contribution is 2.66. The van der Waals surface area contributed by atoms with E-state index in [0.29, 0.717) is 48.1 Å². The van der Waals surface area contributed by atoms with Gasteiger partial charge in [0, 0.05) is 30.6 Å². The van der Waals surface area contributed by atoms with Gasteiger partial charge in [-0.2, -0.15) is 0 Å². The second kappa shape index (κ2) is 5.25. The lowest BCUT2D eigenvalue weighted by atomic mass is 9.44. The number of rotatable bonds is 1. The molecule has 0 amide bonds. The van der Waals surface area contributed by atoms with Crippen molar-refractivity contribution in [3.8, 4) is 0 Å². The van der Waals surface area contributed by atoms with E-state index < -0.39 is 5.41 Å². The van der Waals surface area contributed by atoms with Crippen molar-refractivity contribution in [2.45, 2.75) is 72.1 Å². The lowest BCUT2D eigenvalue weighted by Crippen LogP contribution is -2.57. The summed E-state index contributed by atoms with van der Waals surface area (Å²) in [5, 5.41) is 0. The molecule has 0 aromatic heterocycles. The Bertz CT molecular complexity index is 608. The Morgan fingerprint density at radius 2 is 1.75 bits per heavy atom. The molecule has 0 aromatic rings. The first-order chi connectivity index (χ1) is 11.3. The summed E-state index contributed by atoms with van der Waals surface area (Å²) in [6, 6.07) is 0.